The number of nitrogens with zero attached hydrogens (tertiary/aromatic N) is 2. The van der Waals surface area contributed by atoms with Gasteiger partial charge in [0.15, 0.2) is 0 Å². The van der Waals surface area contributed by atoms with Gasteiger partial charge in [-0.05, 0) is 66.8 Å². The van der Waals surface area contributed by atoms with Crippen molar-refractivity contribution in [3.8, 4) is 0 Å². The Labute approximate surface area is 124 Å². The first kappa shape index (κ1) is 13.7. The number of aliphatic hydroxyl groups excluding tert-OH is 1. The standard InChI is InChI=1S/C18H18N2O/c21-18-14(12-16-8-1-3-10-19-16)6-5-7-15(18)13-17-9-2-4-11-20-17/h1-4,8-13,18,21H,5-7H2. The summed E-state index contributed by atoms with van der Waals surface area (Å²) in [6.45, 7) is 0. The maximum atomic E-state index is 10.6. The van der Waals surface area contributed by atoms with Crippen LogP contribution in [0, 0.1) is 0 Å². The second-order valence-corrected chi connectivity index (χ2v) is 5.20. The molecule has 21 heavy (non-hydrogen) atoms. The van der Waals surface area contributed by atoms with Crippen molar-refractivity contribution >= 4 is 12.2 Å². The van der Waals surface area contributed by atoms with Gasteiger partial charge in [-0.1, -0.05) is 12.1 Å². The molecule has 0 atom stereocenters. The number of hydrogen-bond acceptors (Lipinski definition) is 3. The van der Waals surface area contributed by atoms with Crippen molar-refractivity contribution in [3.05, 3.63) is 71.3 Å². The zero-order valence-corrected chi connectivity index (χ0v) is 11.8. The Kier molecular flexibility index (Phi) is 4.22. The van der Waals surface area contributed by atoms with Crippen LogP contribution in [0.1, 0.15) is 30.7 Å². The first-order chi connectivity index (χ1) is 10.3. The van der Waals surface area contributed by atoms with Crippen LogP contribution in [0.25, 0.3) is 12.2 Å². The van der Waals surface area contributed by atoms with Crippen molar-refractivity contribution in [1.29, 1.82) is 0 Å². The predicted octanol–water partition coefficient (Wildman–Crippen LogP) is 3.49. The van der Waals surface area contributed by atoms with Crippen molar-refractivity contribution < 1.29 is 5.11 Å². The number of pyridine rings is 2. The maximum absolute atomic E-state index is 10.6. The van der Waals surface area contributed by atoms with E-state index in [4.69, 9.17) is 0 Å². The minimum atomic E-state index is -0.525. The van der Waals surface area contributed by atoms with Crippen LogP contribution in [0.4, 0.5) is 0 Å². The normalized spacial score (nSPS) is 22.6. The molecule has 0 spiro atoms. The third-order valence-electron chi connectivity index (χ3n) is 3.68. The molecule has 0 amide bonds. The minimum absolute atomic E-state index is 0.525. The molecule has 0 bridgehead atoms. The fourth-order valence-electron chi connectivity index (χ4n) is 2.61. The van der Waals surface area contributed by atoms with Gasteiger partial charge in [0.1, 0.15) is 0 Å². The molecule has 106 valence electrons. The Morgan fingerprint density at radius 1 is 0.857 bits per heavy atom. The van der Waals surface area contributed by atoms with Crippen LogP contribution in [0.3, 0.4) is 0 Å². The second-order valence-electron chi connectivity index (χ2n) is 5.20. The van der Waals surface area contributed by atoms with Gasteiger partial charge in [0.25, 0.3) is 0 Å². The highest BCUT2D eigenvalue weighted by atomic mass is 16.3. The van der Waals surface area contributed by atoms with Crippen molar-refractivity contribution in [2.24, 2.45) is 0 Å². The van der Waals surface area contributed by atoms with Crippen LogP contribution in [0.15, 0.2) is 59.9 Å². The van der Waals surface area contributed by atoms with E-state index in [1.165, 1.54) is 0 Å². The molecule has 3 heteroatoms. The first-order valence-corrected chi connectivity index (χ1v) is 7.24. The van der Waals surface area contributed by atoms with Crippen LogP contribution in [-0.2, 0) is 0 Å². The molecule has 1 aliphatic rings. The molecule has 0 radical (unpaired) electrons. The largest absolute Gasteiger partial charge is 0.384 e. The fourth-order valence-corrected chi connectivity index (χ4v) is 2.61. The topological polar surface area (TPSA) is 46.0 Å². The van der Waals surface area contributed by atoms with Crippen LogP contribution < -0.4 is 0 Å². The molecule has 2 aromatic heterocycles. The average molecular weight is 278 g/mol. The molecule has 0 saturated heterocycles. The molecular weight excluding hydrogens is 260 g/mol. The molecule has 1 saturated carbocycles. The lowest BCUT2D eigenvalue weighted by molar-refractivity contribution is 0.229. The van der Waals surface area contributed by atoms with Gasteiger partial charge in [0.2, 0.25) is 0 Å². The van der Waals surface area contributed by atoms with Gasteiger partial charge in [-0.25, -0.2) is 0 Å². The Morgan fingerprint density at radius 3 is 1.81 bits per heavy atom. The van der Waals surface area contributed by atoms with Gasteiger partial charge in [0, 0.05) is 12.4 Å². The number of rotatable bonds is 2. The zero-order valence-electron chi connectivity index (χ0n) is 11.8. The maximum Gasteiger partial charge on any atom is 0.0968 e. The third-order valence-corrected chi connectivity index (χ3v) is 3.68. The SMILES string of the molecule is OC1C(=Cc2ccccn2)CCCC1=Cc1ccccn1. The molecule has 1 N–H and O–H groups in total. The van der Waals surface area contributed by atoms with E-state index >= 15 is 0 Å². The summed E-state index contributed by atoms with van der Waals surface area (Å²) in [5.41, 5.74) is 3.85. The Balaban J connectivity index is 1.86. The molecule has 0 aromatic carbocycles. The lowest BCUT2D eigenvalue weighted by Crippen LogP contribution is -2.18. The highest BCUT2D eigenvalue weighted by molar-refractivity contribution is 5.57. The van der Waals surface area contributed by atoms with E-state index in [-0.39, 0.29) is 0 Å². The summed E-state index contributed by atoms with van der Waals surface area (Å²) in [5.74, 6) is 0. The highest BCUT2D eigenvalue weighted by Crippen LogP contribution is 2.30. The summed E-state index contributed by atoms with van der Waals surface area (Å²) in [6, 6.07) is 11.6. The van der Waals surface area contributed by atoms with Gasteiger partial charge in [-0.3, -0.25) is 9.97 Å². The van der Waals surface area contributed by atoms with Gasteiger partial charge in [-0.15, -0.1) is 0 Å². The molecule has 0 unspecified atom stereocenters. The summed E-state index contributed by atoms with van der Waals surface area (Å²) < 4.78 is 0. The van der Waals surface area contributed by atoms with E-state index in [2.05, 4.69) is 9.97 Å². The van der Waals surface area contributed by atoms with Crippen molar-refractivity contribution in [3.63, 3.8) is 0 Å². The van der Waals surface area contributed by atoms with Gasteiger partial charge >= 0.3 is 0 Å². The number of aromatic nitrogens is 2. The van der Waals surface area contributed by atoms with Crippen LogP contribution in [0.2, 0.25) is 0 Å². The number of aliphatic hydroxyl groups is 1. The Hall–Kier alpha value is -2.26. The van der Waals surface area contributed by atoms with E-state index in [1.807, 2.05) is 48.6 Å². The van der Waals surface area contributed by atoms with Crippen LogP contribution in [-0.4, -0.2) is 21.2 Å². The lowest BCUT2D eigenvalue weighted by Gasteiger charge is -2.24. The first-order valence-electron chi connectivity index (χ1n) is 7.24. The summed E-state index contributed by atoms with van der Waals surface area (Å²) in [4.78, 5) is 8.59. The monoisotopic (exact) mass is 278 g/mol. The van der Waals surface area contributed by atoms with E-state index < -0.39 is 6.10 Å². The molecule has 2 aromatic rings. The van der Waals surface area contributed by atoms with Crippen molar-refractivity contribution in [1.82, 2.24) is 9.97 Å². The zero-order chi connectivity index (χ0) is 14.5. The van der Waals surface area contributed by atoms with Gasteiger partial charge < -0.3 is 5.11 Å². The van der Waals surface area contributed by atoms with Crippen LogP contribution in [0.5, 0.6) is 0 Å². The van der Waals surface area contributed by atoms with E-state index in [0.29, 0.717) is 0 Å². The van der Waals surface area contributed by atoms with Crippen LogP contribution >= 0.6 is 0 Å². The Bertz CT molecular complexity index is 590. The minimum Gasteiger partial charge on any atom is -0.384 e. The molecule has 0 aliphatic heterocycles. The predicted molar refractivity (Wildman–Crippen MR) is 84.3 cm³/mol. The van der Waals surface area contributed by atoms with Gasteiger partial charge in [-0.2, -0.15) is 0 Å². The summed E-state index contributed by atoms with van der Waals surface area (Å²) in [6.07, 6.45) is 9.89. The summed E-state index contributed by atoms with van der Waals surface area (Å²) in [7, 11) is 0. The van der Waals surface area contributed by atoms with Crippen molar-refractivity contribution in [2.75, 3.05) is 0 Å². The third kappa shape index (κ3) is 3.44. The molecule has 1 aliphatic carbocycles. The molecule has 3 rings (SSSR count). The van der Waals surface area contributed by atoms with E-state index in [9.17, 15) is 5.11 Å². The smallest absolute Gasteiger partial charge is 0.0968 e. The fraction of sp³-hybridized carbons (Fsp3) is 0.222. The quantitative estimate of drug-likeness (QED) is 0.914. The number of hydrogen-bond donors (Lipinski definition) is 1. The molecule has 3 nitrogen and oxygen atoms in total. The van der Waals surface area contributed by atoms with Gasteiger partial charge in [0.05, 0.1) is 17.5 Å². The lowest BCUT2D eigenvalue weighted by atomic mass is 9.86. The van der Waals surface area contributed by atoms with E-state index in [1.54, 1.807) is 12.4 Å². The highest BCUT2D eigenvalue weighted by Gasteiger charge is 2.21. The van der Waals surface area contributed by atoms with Crippen molar-refractivity contribution in [2.45, 2.75) is 25.4 Å². The molecule has 1 fully saturated rings. The summed E-state index contributed by atoms with van der Waals surface area (Å²) in [5, 5.41) is 10.6. The summed E-state index contributed by atoms with van der Waals surface area (Å²) >= 11 is 0. The molecule has 2 heterocycles. The average Bonchev–Trinajstić information content (AvgIpc) is 2.53. The van der Waals surface area contributed by atoms with E-state index in [0.717, 1.165) is 41.8 Å². The molecular formula is C18H18N2O. The second kappa shape index (κ2) is 6.46. The Morgan fingerprint density at radius 2 is 1.38 bits per heavy atom.